The van der Waals surface area contributed by atoms with Gasteiger partial charge in [-0.05, 0) is 42.0 Å². The van der Waals surface area contributed by atoms with Gasteiger partial charge in [0, 0.05) is 5.56 Å². The van der Waals surface area contributed by atoms with Crippen molar-refractivity contribution in [1.29, 1.82) is 5.41 Å². The zero-order chi connectivity index (χ0) is 24.8. The van der Waals surface area contributed by atoms with Crippen molar-refractivity contribution in [2.75, 3.05) is 0 Å². The summed E-state index contributed by atoms with van der Waals surface area (Å²) >= 11 is 0. The average Bonchev–Trinajstić information content (AvgIpc) is 3.21. The Morgan fingerprint density at radius 2 is 1.82 bits per heavy atom. The highest BCUT2D eigenvalue weighted by atomic mass is 32.2. The van der Waals surface area contributed by atoms with Gasteiger partial charge in [-0.1, -0.05) is 12.1 Å². The van der Waals surface area contributed by atoms with Crippen LogP contribution in [0.1, 0.15) is 15.9 Å². The molecule has 0 unspecified atom stereocenters. The molecule has 34 heavy (non-hydrogen) atoms. The second kappa shape index (κ2) is 8.15. The van der Waals surface area contributed by atoms with Gasteiger partial charge < -0.3 is 20.9 Å². The van der Waals surface area contributed by atoms with Crippen molar-refractivity contribution in [1.82, 2.24) is 15.4 Å². The first-order valence-electron chi connectivity index (χ1n) is 9.52. The molecule has 0 aliphatic heterocycles. The van der Waals surface area contributed by atoms with Crippen LogP contribution in [-0.2, 0) is 10.0 Å². The topological polar surface area (TPSA) is 228 Å². The van der Waals surface area contributed by atoms with Gasteiger partial charge in [0.15, 0.2) is 0 Å². The SMILES string of the molecule is N=C(N)c1ccc2nc(-c3cc(C(=O)NO)c(O)c(-c4cccc(S(N)(=O)=O)c4)c3O)[nH]c2c1. The summed E-state index contributed by atoms with van der Waals surface area (Å²) in [5.74, 6) is -2.40. The molecule has 4 aromatic rings. The van der Waals surface area contributed by atoms with Crippen LogP contribution >= 0.6 is 0 Å². The molecule has 1 amide bonds. The van der Waals surface area contributed by atoms with Gasteiger partial charge in [0.2, 0.25) is 10.0 Å². The van der Waals surface area contributed by atoms with Crippen LogP contribution in [-0.4, -0.2) is 45.5 Å². The van der Waals surface area contributed by atoms with Crippen LogP contribution < -0.4 is 16.4 Å². The molecule has 1 aromatic heterocycles. The molecule has 3 aromatic carbocycles. The lowest BCUT2D eigenvalue weighted by molar-refractivity contribution is 0.0703. The summed E-state index contributed by atoms with van der Waals surface area (Å²) in [6, 6.07) is 10.9. The summed E-state index contributed by atoms with van der Waals surface area (Å²) in [6.07, 6.45) is 0. The van der Waals surface area contributed by atoms with E-state index in [-0.39, 0.29) is 33.2 Å². The first kappa shape index (κ1) is 22.7. The molecule has 0 radical (unpaired) electrons. The predicted molar refractivity (Wildman–Crippen MR) is 122 cm³/mol. The van der Waals surface area contributed by atoms with Gasteiger partial charge >= 0.3 is 0 Å². The Morgan fingerprint density at radius 1 is 1.09 bits per heavy atom. The molecule has 1 heterocycles. The largest absolute Gasteiger partial charge is 0.506 e. The summed E-state index contributed by atoms with van der Waals surface area (Å²) in [4.78, 5) is 19.3. The van der Waals surface area contributed by atoms with Gasteiger partial charge in [-0.2, -0.15) is 0 Å². The number of fused-ring (bicyclic) bond motifs is 1. The summed E-state index contributed by atoms with van der Waals surface area (Å²) in [5.41, 5.74) is 7.59. The number of amidine groups is 1. The summed E-state index contributed by atoms with van der Waals surface area (Å²) in [5, 5.41) is 43.7. The van der Waals surface area contributed by atoms with Crippen molar-refractivity contribution < 1.29 is 28.6 Å². The van der Waals surface area contributed by atoms with Gasteiger partial charge in [-0.25, -0.2) is 24.0 Å². The number of aromatic nitrogens is 2. The Hall–Kier alpha value is -4.46. The lowest BCUT2D eigenvalue weighted by atomic mass is 9.96. The number of imidazole rings is 1. The molecular formula is C21H18N6O6S. The number of aromatic hydroxyl groups is 2. The molecule has 0 spiro atoms. The van der Waals surface area contributed by atoms with Gasteiger partial charge in [0.25, 0.3) is 5.91 Å². The van der Waals surface area contributed by atoms with E-state index in [9.17, 15) is 23.4 Å². The maximum atomic E-state index is 12.2. The molecule has 0 aliphatic carbocycles. The number of H-pyrrole nitrogens is 1. The summed E-state index contributed by atoms with van der Waals surface area (Å²) < 4.78 is 23.6. The number of benzene rings is 3. The smallest absolute Gasteiger partial charge is 0.278 e. The van der Waals surface area contributed by atoms with Crippen molar-refractivity contribution in [3.8, 4) is 34.0 Å². The van der Waals surface area contributed by atoms with E-state index in [1.807, 2.05) is 0 Å². The summed E-state index contributed by atoms with van der Waals surface area (Å²) in [7, 11) is -4.11. The number of hydrogen-bond donors (Lipinski definition) is 8. The minimum Gasteiger partial charge on any atom is -0.506 e. The Morgan fingerprint density at radius 3 is 2.47 bits per heavy atom. The number of carbonyl (C=O) groups excluding carboxylic acids is 1. The number of carbonyl (C=O) groups is 1. The van der Waals surface area contributed by atoms with Gasteiger partial charge in [-0.3, -0.25) is 15.4 Å². The highest BCUT2D eigenvalue weighted by molar-refractivity contribution is 7.89. The number of hydrogen-bond acceptors (Lipinski definition) is 8. The number of nitrogens with one attached hydrogen (secondary N) is 3. The third-order valence-corrected chi connectivity index (χ3v) is 6.03. The molecule has 0 saturated carbocycles. The number of hydroxylamine groups is 1. The molecule has 13 heteroatoms. The van der Waals surface area contributed by atoms with Crippen molar-refractivity contribution in [3.05, 3.63) is 59.7 Å². The van der Waals surface area contributed by atoms with E-state index in [0.29, 0.717) is 16.6 Å². The molecule has 4 rings (SSSR count). The van der Waals surface area contributed by atoms with Gasteiger partial charge in [0.05, 0.1) is 32.6 Å². The van der Waals surface area contributed by atoms with E-state index in [2.05, 4.69) is 9.97 Å². The number of sulfonamides is 1. The highest BCUT2D eigenvalue weighted by Gasteiger charge is 2.25. The van der Waals surface area contributed by atoms with E-state index in [1.165, 1.54) is 23.7 Å². The molecule has 12 nitrogen and oxygen atoms in total. The Labute approximate surface area is 192 Å². The maximum Gasteiger partial charge on any atom is 0.278 e. The molecule has 0 fully saturated rings. The van der Waals surface area contributed by atoms with Crippen LogP contribution in [0, 0.1) is 5.41 Å². The fourth-order valence-corrected chi connectivity index (χ4v) is 4.04. The Kier molecular flexibility index (Phi) is 5.45. The van der Waals surface area contributed by atoms with Crippen LogP contribution in [0.15, 0.2) is 53.4 Å². The van der Waals surface area contributed by atoms with Crippen molar-refractivity contribution in [3.63, 3.8) is 0 Å². The van der Waals surface area contributed by atoms with Crippen LogP contribution in [0.5, 0.6) is 11.5 Å². The Bertz CT molecular complexity index is 1600. The molecule has 0 aliphatic rings. The lowest BCUT2D eigenvalue weighted by Gasteiger charge is -2.15. The number of amides is 1. The maximum absolute atomic E-state index is 12.2. The molecule has 0 atom stereocenters. The van der Waals surface area contributed by atoms with Crippen LogP contribution in [0.25, 0.3) is 33.5 Å². The zero-order valence-corrected chi connectivity index (χ0v) is 18.0. The number of rotatable bonds is 5. The fourth-order valence-electron chi connectivity index (χ4n) is 3.48. The molecular weight excluding hydrogens is 464 g/mol. The zero-order valence-electron chi connectivity index (χ0n) is 17.2. The number of nitrogens with zero attached hydrogens (tertiary/aromatic N) is 1. The van der Waals surface area contributed by atoms with Crippen molar-refractivity contribution in [2.45, 2.75) is 4.90 Å². The van der Waals surface area contributed by atoms with Crippen molar-refractivity contribution >= 4 is 32.8 Å². The van der Waals surface area contributed by atoms with Crippen LogP contribution in [0.2, 0.25) is 0 Å². The van der Waals surface area contributed by atoms with Gasteiger partial charge in [-0.15, -0.1) is 0 Å². The number of phenols is 2. The average molecular weight is 482 g/mol. The van der Waals surface area contributed by atoms with E-state index in [1.54, 1.807) is 18.2 Å². The molecule has 0 bridgehead atoms. The van der Waals surface area contributed by atoms with Crippen molar-refractivity contribution in [2.24, 2.45) is 10.9 Å². The third-order valence-electron chi connectivity index (χ3n) is 5.12. The highest BCUT2D eigenvalue weighted by Crippen LogP contribution is 2.45. The number of nitrogen functional groups attached to an aromatic ring is 1. The second-order valence-electron chi connectivity index (χ2n) is 7.29. The van der Waals surface area contributed by atoms with Gasteiger partial charge in [0.1, 0.15) is 23.2 Å². The molecule has 0 saturated heterocycles. The quantitative estimate of drug-likeness (QED) is 0.0893. The fraction of sp³-hybridized carbons (Fsp3) is 0. The normalized spacial score (nSPS) is 11.5. The summed E-state index contributed by atoms with van der Waals surface area (Å²) in [6.45, 7) is 0. The number of aromatic amines is 1. The number of primary sulfonamides is 1. The first-order chi connectivity index (χ1) is 16.0. The minimum absolute atomic E-state index is 0.0327. The van der Waals surface area contributed by atoms with E-state index < -0.39 is 33.0 Å². The number of phenolic OH excluding ortho intramolecular Hbond substituents is 2. The molecule has 174 valence electrons. The van der Waals surface area contributed by atoms with E-state index in [0.717, 1.165) is 12.1 Å². The Balaban J connectivity index is 2.01. The first-order valence-corrected chi connectivity index (χ1v) is 11.1. The lowest BCUT2D eigenvalue weighted by Crippen LogP contribution is -2.19. The standard InChI is InChI=1S/C21H18N6O6S/c22-19(23)10-4-5-14-15(7-10)26-20(25-14)12-8-13(21(30)27-31)18(29)16(17(12)28)9-2-1-3-11(6-9)34(24,32)33/h1-8,28-29,31H,(H3,22,23)(H,25,26)(H,27,30)(H2,24,32,33). The van der Waals surface area contributed by atoms with Crippen LogP contribution in [0.4, 0.5) is 0 Å². The predicted octanol–water partition coefficient (Wildman–Crippen LogP) is 1.36. The van der Waals surface area contributed by atoms with E-state index >= 15 is 0 Å². The number of nitrogens with two attached hydrogens (primary N) is 2. The minimum atomic E-state index is -4.11. The third kappa shape index (κ3) is 3.90. The second-order valence-corrected chi connectivity index (χ2v) is 8.85. The van der Waals surface area contributed by atoms with E-state index in [4.69, 9.17) is 21.5 Å². The monoisotopic (exact) mass is 482 g/mol. The van der Waals surface area contributed by atoms with Crippen LogP contribution in [0.3, 0.4) is 0 Å². The molecule has 10 N–H and O–H groups in total.